The fraction of sp³-hybridized carbons (Fsp3) is 0.350. The molecule has 7 nitrogen and oxygen atoms in total. The van der Waals surface area contributed by atoms with Crippen molar-refractivity contribution < 1.29 is 13.2 Å². The summed E-state index contributed by atoms with van der Waals surface area (Å²) in [5, 5.41) is 10.7. The summed E-state index contributed by atoms with van der Waals surface area (Å²) in [7, 11) is -3.55. The standard InChI is InChI=1S/C20H19BrN4O3S2/c21-19-22-23-20(29-11-18(26)24-30(27,28)13-7-8-13)25(19)17-10-9-14(12-5-6-12)15-3-1-2-4-16(15)17/h1-4,9-10,12-13H,5-8,11H2,(H,24,26). The molecule has 10 heteroatoms. The number of rotatable bonds is 7. The predicted octanol–water partition coefficient (Wildman–Crippen LogP) is 3.76. The number of nitrogens with zero attached hydrogens (tertiary/aromatic N) is 3. The number of aromatic nitrogens is 3. The maximum Gasteiger partial charge on any atom is 0.243 e. The van der Waals surface area contributed by atoms with Crippen LogP contribution in [0.25, 0.3) is 16.5 Å². The van der Waals surface area contributed by atoms with E-state index in [1.54, 1.807) is 0 Å². The van der Waals surface area contributed by atoms with Crippen molar-refractivity contribution in [1.29, 1.82) is 0 Å². The van der Waals surface area contributed by atoms with E-state index in [2.05, 4.69) is 55.1 Å². The number of benzene rings is 2. The zero-order valence-electron chi connectivity index (χ0n) is 15.9. The lowest BCUT2D eigenvalue weighted by Gasteiger charge is -2.14. The van der Waals surface area contributed by atoms with Gasteiger partial charge in [0.05, 0.1) is 16.7 Å². The van der Waals surface area contributed by atoms with Crippen LogP contribution >= 0.6 is 27.7 Å². The molecular formula is C20H19BrN4O3S2. The zero-order chi connectivity index (χ0) is 20.9. The van der Waals surface area contributed by atoms with Gasteiger partial charge in [0, 0.05) is 5.39 Å². The van der Waals surface area contributed by atoms with Crippen molar-refractivity contribution in [3.05, 3.63) is 46.7 Å². The third-order valence-corrected chi connectivity index (χ3v) is 8.64. The molecule has 1 N–H and O–H groups in total. The fourth-order valence-corrected chi connectivity index (χ4v) is 6.28. The van der Waals surface area contributed by atoms with Gasteiger partial charge in [-0.05, 0) is 64.5 Å². The molecule has 2 fully saturated rings. The lowest BCUT2D eigenvalue weighted by atomic mass is 9.99. The maximum absolute atomic E-state index is 12.2. The fourth-order valence-electron chi connectivity index (χ4n) is 3.58. The summed E-state index contributed by atoms with van der Waals surface area (Å²) in [6.45, 7) is 0. The Labute approximate surface area is 186 Å². The van der Waals surface area contributed by atoms with Crippen molar-refractivity contribution in [2.45, 2.75) is 42.0 Å². The quantitative estimate of drug-likeness (QED) is 0.490. The summed E-state index contributed by atoms with van der Waals surface area (Å²) in [4.78, 5) is 12.2. The van der Waals surface area contributed by atoms with E-state index in [1.165, 1.54) is 23.8 Å². The van der Waals surface area contributed by atoms with E-state index in [9.17, 15) is 13.2 Å². The second-order valence-corrected chi connectivity index (χ2v) is 11.3. The van der Waals surface area contributed by atoms with E-state index >= 15 is 0 Å². The molecule has 0 radical (unpaired) electrons. The Morgan fingerprint density at radius 1 is 1.10 bits per heavy atom. The summed E-state index contributed by atoms with van der Waals surface area (Å²) in [6, 6.07) is 12.5. The molecule has 1 heterocycles. The first-order valence-corrected chi connectivity index (χ1v) is 13.1. The first kappa shape index (κ1) is 20.0. The molecule has 3 aromatic rings. The Morgan fingerprint density at radius 2 is 1.83 bits per heavy atom. The van der Waals surface area contributed by atoms with E-state index in [0.717, 1.165) is 22.8 Å². The van der Waals surface area contributed by atoms with Crippen LogP contribution in [0.1, 0.15) is 37.2 Å². The van der Waals surface area contributed by atoms with Gasteiger partial charge in [-0.3, -0.25) is 14.1 Å². The molecule has 0 aliphatic heterocycles. The van der Waals surface area contributed by atoms with Crippen LogP contribution in [0.4, 0.5) is 0 Å². The second kappa shape index (κ2) is 7.65. The number of hydrogen-bond acceptors (Lipinski definition) is 6. The number of thioether (sulfide) groups is 1. The molecule has 156 valence electrons. The molecule has 0 atom stereocenters. The van der Waals surface area contributed by atoms with Crippen LogP contribution in [-0.4, -0.2) is 40.1 Å². The number of carbonyl (C=O) groups is 1. The average molecular weight is 507 g/mol. The summed E-state index contributed by atoms with van der Waals surface area (Å²) in [5.74, 6) is 0.0144. The van der Waals surface area contributed by atoms with Crippen LogP contribution in [0.15, 0.2) is 46.3 Å². The van der Waals surface area contributed by atoms with Crippen LogP contribution in [0.2, 0.25) is 0 Å². The van der Waals surface area contributed by atoms with Crippen molar-refractivity contribution in [1.82, 2.24) is 19.5 Å². The number of nitrogens with one attached hydrogen (secondary N) is 1. The summed E-state index contributed by atoms with van der Waals surface area (Å²) in [5.41, 5.74) is 2.28. The minimum atomic E-state index is -3.55. The monoisotopic (exact) mass is 506 g/mol. The molecule has 0 unspecified atom stereocenters. The van der Waals surface area contributed by atoms with Crippen molar-refractivity contribution in [2.24, 2.45) is 0 Å². The van der Waals surface area contributed by atoms with Gasteiger partial charge >= 0.3 is 0 Å². The normalized spacial score (nSPS) is 16.7. The van der Waals surface area contributed by atoms with Crippen LogP contribution < -0.4 is 4.72 Å². The number of sulfonamides is 1. The van der Waals surface area contributed by atoms with Crippen LogP contribution in [0.3, 0.4) is 0 Å². The average Bonchev–Trinajstić information content (AvgIpc) is 3.62. The van der Waals surface area contributed by atoms with Gasteiger partial charge in [-0.15, -0.1) is 10.2 Å². The maximum atomic E-state index is 12.2. The molecule has 2 aromatic carbocycles. The van der Waals surface area contributed by atoms with Gasteiger partial charge in [-0.2, -0.15) is 0 Å². The van der Waals surface area contributed by atoms with Crippen LogP contribution in [-0.2, 0) is 14.8 Å². The number of amides is 1. The van der Waals surface area contributed by atoms with Gasteiger partial charge < -0.3 is 0 Å². The minimum Gasteiger partial charge on any atom is -0.273 e. The highest BCUT2D eigenvalue weighted by atomic mass is 79.9. The van der Waals surface area contributed by atoms with E-state index < -0.39 is 21.2 Å². The second-order valence-electron chi connectivity index (χ2n) is 7.64. The lowest BCUT2D eigenvalue weighted by molar-refractivity contribution is -0.116. The largest absolute Gasteiger partial charge is 0.273 e. The molecule has 2 saturated carbocycles. The Morgan fingerprint density at radius 3 is 2.53 bits per heavy atom. The smallest absolute Gasteiger partial charge is 0.243 e. The molecule has 2 aliphatic carbocycles. The Hall–Kier alpha value is -1.91. The Kier molecular flexibility index (Phi) is 5.11. The first-order valence-electron chi connectivity index (χ1n) is 9.74. The van der Waals surface area contributed by atoms with E-state index in [1.807, 2.05) is 16.7 Å². The van der Waals surface area contributed by atoms with E-state index in [4.69, 9.17) is 0 Å². The SMILES string of the molecule is O=C(CSc1nnc(Br)n1-c1ccc(C2CC2)c2ccccc12)NS(=O)(=O)C1CC1. The van der Waals surface area contributed by atoms with E-state index in [-0.39, 0.29) is 5.75 Å². The third-order valence-electron chi connectivity index (χ3n) is 5.34. The van der Waals surface area contributed by atoms with Crippen molar-refractivity contribution in [2.75, 3.05) is 5.75 Å². The number of fused-ring (bicyclic) bond motifs is 1. The summed E-state index contributed by atoms with van der Waals surface area (Å²) in [6.07, 6.45) is 3.67. The number of halogens is 1. The zero-order valence-corrected chi connectivity index (χ0v) is 19.1. The predicted molar refractivity (Wildman–Crippen MR) is 119 cm³/mol. The first-order chi connectivity index (χ1) is 14.4. The minimum absolute atomic E-state index is 0.0603. The van der Waals surface area contributed by atoms with Gasteiger partial charge in [0.25, 0.3) is 0 Å². The molecule has 5 rings (SSSR count). The van der Waals surface area contributed by atoms with E-state index in [0.29, 0.717) is 28.6 Å². The molecule has 0 bridgehead atoms. The molecule has 0 saturated heterocycles. The molecule has 0 spiro atoms. The summed E-state index contributed by atoms with van der Waals surface area (Å²) < 4.78 is 28.5. The number of carbonyl (C=O) groups excluding carboxylic acids is 1. The Balaban J connectivity index is 1.43. The molecular weight excluding hydrogens is 488 g/mol. The Bertz CT molecular complexity index is 1250. The van der Waals surface area contributed by atoms with Gasteiger partial charge in [0.2, 0.25) is 20.7 Å². The van der Waals surface area contributed by atoms with Crippen LogP contribution in [0.5, 0.6) is 0 Å². The van der Waals surface area contributed by atoms with Crippen molar-refractivity contribution >= 4 is 54.4 Å². The summed E-state index contributed by atoms with van der Waals surface area (Å²) >= 11 is 4.62. The highest BCUT2D eigenvalue weighted by Crippen LogP contribution is 2.44. The molecule has 1 aromatic heterocycles. The van der Waals surface area contributed by atoms with Crippen LogP contribution in [0, 0.1) is 0 Å². The van der Waals surface area contributed by atoms with Gasteiger partial charge in [0.15, 0.2) is 5.16 Å². The van der Waals surface area contributed by atoms with Gasteiger partial charge in [-0.1, -0.05) is 42.1 Å². The topological polar surface area (TPSA) is 93.9 Å². The molecule has 30 heavy (non-hydrogen) atoms. The highest BCUT2D eigenvalue weighted by molar-refractivity contribution is 9.10. The lowest BCUT2D eigenvalue weighted by Crippen LogP contribution is -2.34. The number of hydrogen-bond donors (Lipinski definition) is 1. The van der Waals surface area contributed by atoms with Gasteiger partial charge in [-0.25, -0.2) is 8.42 Å². The molecule has 2 aliphatic rings. The van der Waals surface area contributed by atoms with Crippen molar-refractivity contribution in [3.63, 3.8) is 0 Å². The molecule has 1 amide bonds. The third kappa shape index (κ3) is 3.88. The van der Waals surface area contributed by atoms with Gasteiger partial charge in [0.1, 0.15) is 0 Å². The van der Waals surface area contributed by atoms with Crippen molar-refractivity contribution in [3.8, 4) is 5.69 Å². The highest BCUT2D eigenvalue weighted by Gasteiger charge is 2.36.